The van der Waals surface area contributed by atoms with E-state index in [4.69, 9.17) is 10.8 Å². The van der Waals surface area contributed by atoms with Crippen LogP contribution in [0.5, 0.6) is 0 Å². The van der Waals surface area contributed by atoms with Gasteiger partial charge in [-0.25, -0.2) is 0 Å². The Morgan fingerprint density at radius 3 is 2.81 bits per heavy atom. The van der Waals surface area contributed by atoms with E-state index in [0.29, 0.717) is 6.04 Å². The van der Waals surface area contributed by atoms with Gasteiger partial charge in [0.2, 0.25) is 0 Å². The minimum absolute atomic E-state index is 0.219. The van der Waals surface area contributed by atoms with Crippen LogP contribution in [0.4, 0.5) is 5.69 Å². The average Bonchev–Trinajstić information content (AvgIpc) is 3.07. The van der Waals surface area contributed by atoms with Crippen molar-refractivity contribution in [1.82, 2.24) is 4.90 Å². The van der Waals surface area contributed by atoms with Gasteiger partial charge in [0.15, 0.2) is 0 Å². The molecule has 1 fully saturated rings. The molecule has 0 radical (unpaired) electrons. The van der Waals surface area contributed by atoms with Crippen LogP contribution in [-0.4, -0.2) is 29.2 Å². The first-order chi connectivity index (χ1) is 7.72. The van der Waals surface area contributed by atoms with Crippen LogP contribution in [0.25, 0.3) is 0 Å². The second kappa shape index (κ2) is 5.17. The molecule has 3 nitrogen and oxygen atoms in total. The van der Waals surface area contributed by atoms with E-state index in [2.05, 4.69) is 26.9 Å². The average molecular weight is 285 g/mol. The lowest BCUT2D eigenvalue weighted by molar-refractivity contribution is 0.183. The molecule has 0 amide bonds. The number of rotatable bonds is 5. The monoisotopic (exact) mass is 284 g/mol. The van der Waals surface area contributed by atoms with Crippen molar-refractivity contribution in [2.24, 2.45) is 0 Å². The predicted molar refractivity (Wildman–Crippen MR) is 69.1 cm³/mol. The minimum atomic E-state index is 0.219. The zero-order chi connectivity index (χ0) is 11.5. The van der Waals surface area contributed by atoms with Gasteiger partial charge in [-0.2, -0.15) is 0 Å². The molecule has 0 saturated heterocycles. The molecule has 0 unspecified atom stereocenters. The number of anilines is 1. The quantitative estimate of drug-likeness (QED) is 0.813. The van der Waals surface area contributed by atoms with Crippen LogP contribution in [0.15, 0.2) is 22.7 Å². The van der Waals surface area contributed by atoms with Crippen LogP contribution < -0.4 is 5.73 Å². The largest absolute Gasteiger partial charge is 0.398 e. The third-order valence-electron chi connectivity index (χ3n) is 2.93. The summed E-state index contributed by atoms with van der Waals surface area (Å²) in [6.07, 6.45) is 2.50. The molecule has 4 heteroatoms. The summed E-state index contributed by atoms with van der Waals surface area (Å²) < 4.78 is 0.985. The number of hydrogen-bond acceptors (Lipinski definition) is 3. The number of nitrogen functional groups attached to an aromatic ring is 1. The Labute approximate surface area is 104 Å². The summed E-state index contributed by atoms with van der Waals surface area (Å²) in [7, 11) is 0. The molecule has 2 rings (SSSR count). The molecule has 1 aromatic carbocycles. The van der Waals surface area contributed by atoms with E-state index in [9.17, 15) is 0 Å². The van der Waals surface area contributed by atoms with Gasteiger partial charge < -0.3 is 10.8 Å². The van der Waals surface area contributed by atoms with Crippen LogP contribution in [0.3, 0.4) is 0 Å². The van der Waals surface area contributed by atoms with Gasteiger partial charge in [-0.15, -0.1) is 0 Å². The Morgan fingerprint density at radius 1 is 1.44 bits per heavy atom. The van der Waals surface area contributed by atoms with E-state index in [1.54, 1.807) is 0 Å². The first kappa shape index (κ1) is 11.9. The van der Waals surface area contributed by atoms with Crippen molar-refractivity contribution in [2.45, 2.75) is 25.4 Å². The van der Waals surface area contributed by atoms with Crippen molar-refractivity contribution in [3.05, 3.63) is 28.2 Å². The third-order valence-corrected chi connectivity index (χ3v) is 3.90. The van der Waals surface area contributed by atoms with E-state index >= 15 is 0 Å². The van der Waals surface area contributed by atoms with Crippen molar-refractivity contribution in [2.75, 3.05) is 18.9 Å². The maximum absolute atomic E-state index is 9.04. The number of benzene rings is 1. The van der Waals surface area contributed by atoms with Crippen LogP contribution in [0.2, 0.25) is 0 Å². The smallest absolute Gasteiger partial charge is 0.0558 e. The summed E-state index contributed by atoms with van der Waals surface area (Å²) in [5.74, 6) is 0. The lowest BCUT2D eigenvalue weighted by atomic mass is 10.2. The molecular formula is C12H17BrN2O. The van der Waals surface area contributed by atoms with Crippen LogP contribution in [-0.2, 0) is 6.54 Å². The topological polar surface area (TPSA) is 49.5 Å². The van der Waals surface area contributed by atoms with Gasteiger partial charge in [-0.05, 0) is 40.4 Å². The van der Waals surface area contributed by atoms with Gasteiger partial charge in [0.1, 0.15) is 0 Å². The molecule has 0 aliphatic heterocycles. The molecule has 16 heavy (non-hydrogen) atoms. The van der Waals surface area contributed by atoms with Crippen molar-refractivity contribution >= 4 is 21.6 Å². The van der Waals surface area contributed by atoms with Crippen molar-refractivity contribution in [1.29, 1.82) is 0 Å². The molecule has 1 aliphatic rings. The van der Waals surface area contributed by atoms with Gasteiger partial charge in [0.25, 0.3) is 0 Å². The van der Waals surface area contributed by atoms with E-state index < -0.39 is 0 Å². The van der Waals surface area contributed by atoms with Crippen molar-refractivity contribution in [3.8, 4) is 0 Å². The second-order valence-corrected chi connectivity index (χ2v) is 5.04. The van der Waals surface area contributed by atoms with Gasteiger partial charge in [-0.1, -0.05) is 12.1 Å². The van der Waals surface area contributed by atoms with E-state index in [1.165, 1.54) is 18.4 Å². The standard InChI is InChI=1S/C12H17BrN2O/c13-12-9(2-1-3-11(12)14)8-15(6-7-16)10-4-5-10/h1-3,10,16H,4-8,14H2. The normalized spacial score (nSPS) is 15.7. The molecule has 0 atom stereocenters. The zero-order valence-corrected chi connectivity index (χ0v) is 10.8. The van der Waals surface area contributed by atoms with Gasteiger partial charge in [-0.3, -0.25) is 4.90 Å². The molecule has 1 aliphatic carbocycles. The molecule has 3 N–H and O–H groups in total. The summed E-state index contributed by atoms with van der Waals surface area (Å²) in [6, 6.07) is 6.59. The summed E-state index contributed by atoms with van der Waals surface area (Å²) in [5.41, 5.74) is 7.82. The minimum Gasteiger partial charge on any atom is -0.398 e. The second-order valence-electron chi connectivity index (χ2n) is 4.25. The summed E-state index contributed by atoms with van der Waals surface area (Å²) in [6.45, 7) is 1.82. The first-order valence-electron chi connectivity index (χ1n) is 5.60. The fourth-order valence-electron chi connectivity index (χ4n) is 1.90. The highest BCUT2D eigenvalue weighted by molar-refractivity contribution is 9.10. The molecule has 1 saturated carbocycles. The Bertz CT molecular complexity index is 366. The third kappa shape index (κ3) is 2.75. The van der Waals surface area contributed by atoms with Gasteiger partial charge in [0, 0.05) is 29.3 Å². The molecule has 0 spiro atoms. The number of hydrogen-bond donors (Lipinski definition) is 2. The van der Waals surface area contributed by atoms with E-state index in [0.717, 1.165) is 23.2 Å². The molecule has 88 valence electrons. The Hall–Kier alpha value is -0.580. The van der Waals surface area contributed by atoms with Crippen LogP contribution in [0.1, 0.15) is 18.4 Å². The maximum Gasteiger partial charge on any atom is 0.0558 e. The molecule has 0 heterocycles. The van der Waals surface area contributed by atoms with Crippen LogP contribution >= 0.6 is 15.9 Å². The first-order valence-corrected chi connectivity index (χ1v) is 6.39. The Kier molecular flexibility index (Phi) is 3.84. The summed E-state index contributed by atoms with van der Waals surface area (Å²) in [4.78, 5) is 2.32. The highest BCUT2D eigenvalue weighted by Crippen LogP contribution is 2.31. The Balaban J connectivity index is 2.08. The van der Waals surface area contributed by atoms with E-state index in [1.807, 2.05) is 12.1 Å². The molecule has 0 bridgehead atoms. The number of nitrogens with two attached hydrogens (primary N) is 1. The van der Waals surface area contributed by atoms with Crippen LogP contribution in [0, 0.1) is 0 Å². The molecular weight excluding hydrogens is 268 g/mol. The Morgan fingerprint density at radius 2 is 2.19 bits per heavy atom. The summed E-state index contributed by atoms with van der Waals surface area (Å²) >= 11 is 3.52. The lowest BCUT2D eigenvalue weighted by Crippen LogP contribution is -2.28. The van der Waals surface area contributed by atoms with Gasteiger partial charge >= 0.3 is 0 Å². The summed E-state index contributed by atoms with van der Waals surface area (Å²) in [5, 5.41) is 9.04. The van der Waals surface area contributed by atoms with Crippen molar-refractivity contribution in [3.63, 3.8) is 0 Å². The number of nitrogens with zero attached hydrogens (tertiary/aromatic N) is 1. The number of aliphatic hydroxyl groups is 1. The molecule has 0 aromatic heterocycles. The number of aliphatic hydroxyl groups excluding tert-OH is 1. The zero-order valence-electron chi connectivity index (χ0n) is 9.19. The maximum atomic E-state index is 9.04. The fraction of sp³-hybridized carbons (Fsp3) is 0.500. The number of halogens is 1. The van der Waals surface area contributed by atoms with Crippen molar-refractivity contribution < 1.29 is 5.11 Å². The fourth-order valence-corrected chi connectivity index (χ4v) is 2.29. The predicted octanol–water partition coefficient (Wildman–Crippen LogP) is 1.99. The highest BCUT2D eigenvalue weighted by atomic mass is 79.9. The SMILES string of the molecule is Nc1cccc(CN(CCO)C2CC2)c1Br. The lowest BCUT2D eigenvalue weighted by Gasteiger charge is -2.21. The van der Waals surface area contributed by atoms with Gasteiger partial charge in [0.05, 0.1) is 6.61 Å². The molecule has 1 aromatic rings. The van der Waals surface area contributed by atoms with E-state index in [-0.39, 0.29) is 6.61 Å². The highest BCUT2D eigenvalue weighted by Gasteiger charge is 2.28.